The Morgan fingerprint density at radius 3 is 2.87 bits per heavy atom. The molecule has 0 aliphatic carbocycles. The second-order valence-corrected chi connectivity index (χ2v) is 7.85. The summed E-state index contributed by atoms with van der Waals surface area (Å²) in [5.41, 5.74) is 0. The lowest BCUT2D eigenvalue weighted by Crippen LogP contribution is -2.31. The fraction of sp³-hybridized carbons (Fsp3) is 0.667. The predicted octanol–water partition coefficient (Wildman–Crippen LogP) is 2.47. The van der Waals surface area contributed by atoms with Gasteiger partial charge in [-0.15, -0.1) is 11.3 Å². The van der Waals surface area contributed by atoms with Gasteiger partial charge in [0.2, 0.25) is 0 Å². The summed E-state index contributed by atoms with van der Waals surface area (Å²) >= 11 is 3.74. The molecule has 6 nitrogen and oxygen atoms in total. The van der Waals surface area contributed by atoms with Crippen LogP contribution in [-0.4, -0.2) is 54.6 Å². The number of rotatable bonds is 9. The maximum Gasteiger partial charge on any atom is 0.259 e. The topological polar surface area (TPSA) is 70.8 Å². The van der Waals surface area contributed by atoms with Crippen LogP contribution in [0.15, 0.2) is 17.1 Å². The number of thiophene rings is 1. The molecule has 0 radical (unpaired) electrons. The van der Waals surface area contributed by atoms with E-state index in [9.17, 15) is 10.1 Å². The van der Waals surface area contributed by atoms with Gasteiger partial charge in [-0.05, 0) is 38.1 Å². The SMILES string of the molecule is CN=C(C[N+](=O)[O-])NCCSCc1ccc(CN2CCCC2)s1. The lowest BCUT2D eigenvalue weighted by molar-refractivity contribution is -0.463. The molecule has 1 aliphatic heterocycles. The van der Waals surface area contributed by atoms with Crippen LogP contribution in [0.5, 0.6) is 0 Å². The molecule has 2 heterocycles. The van der Waals surface area contributed by atoms with E-state index in [0.717, 1.165) is 18.1 Å². The van der Waals surface area contributed by atoms with Crippen molar-refractivity contribution in [1.29, 1.82) is 0 Å². The summed E-state index contributed by atoms with van der Waals surface area (Å²) in [5, 5.41) is 13.5. The smallest absolute Gasteiger partial charge is 0.259 e. The van der Waals surface area contributed by atoms with Gasteiger partial charge < -0.3 is 5.32 Å². The van der Waals surface area contributed by atoms with Crippen LogP contribution < -0.4 is 5.32 Å². The van der Waals surface area contributed by atoms with Crippen molar-refractivity contribution >= 4 is 28.9 Å². The van der Waals surface area contributed by atoms with Gasteiger partial charge in [-0.2, -0.15) is 11.8 Å². The Morgan fingerprint density at radius 2 is 2.17 bits per heavy atom. The average molecular weight is 357 g/mol. The highest BCUT2D eigenvalue weighted by Crippen LogP contribution is 2.23. The summed E-state index contributed by atoms with van der Waals surface area (Å²) in [7, 11) is 1.58. The van der Waals surface area contributed by atoms with Crippen LogP contribution in [0.2, 0.25) is 0 Å². The van der Waals surface area contributed by atoms with Crippen molar-refractivity contribution in [2.24, 2.45) is 4.99 Å². The molecule has 23 heavy (non-hydrogen) atoms. The van der Waals surface area contributed by atoms with E-state index >= 15 is 0 Å². The van der Waals surface area contributed by atoms with Gasteiger partial charge in [0, 0.05) is 46.3 Å². The lowest BCUT2D eigenvalue weighted by atomic mass is 10.4. The van der Waals surface area contributed by atoms with Crippen LogP contribution in [0.25, 0.3) is 0 Å². The van der Waals surface area contributed by atoms with E-state index in [1.807, 2.05) is 23.1 Å². The van der Waals surface area contributed by atoms with Gasteiger partial charge in [-0.1, -0.05) is 0 Å². The van der Waals surface area contributed by atoms with E-state index in [4.69, 9.17) is 0 Å². The van der Waals surface area contributed by atoms with Crippen LogP contribution in [0, 0.1) is 10.1 Å². The zero-order valence-corrected chi connectivity index (χ0v) is 15.1. The van der Waals surface area contributed by atoms with Crippen LogP contribution in [0.4, 0.5) is 0 Å². The van der Waals surface area contributed by atoms with Crippen LogP contribution in [0.1, 0.15) is 22.6 Å². The summed E-state index contributed by atoms with van der Waals surface area (Å²) in [4.78, 5) is 19.3. The Bertz CT molecular complexity index is 527. The first-order chi connectivity index (χ1) is 11.2. The Hall–Kier alpha value is -1.12. The third-order valence-corrected chi connectivity index (χ3v) is 5.92. The van der Waals surface area contributed by atoms with E-state index in [2.05, 4.69) is 27.3 Å². The molecule has 1 N–H and O–H groups in total. The van der Waals surface area contributed by atoms with Crippen LogP contribution >= 0.6 is 23.1 Å². The number of hydrogen-bond acceptors (Lipinski definition) is 6. The number of nitrogens with zero attached hydrogens (tertiary/aromatic N) is 3. The number of nitro groups is 1. The summed E-state index contributed by atoms with van der Waals surface area (Å²) in [6, 6.07) is 4.47. The van der Waals surface area contributed by atoms with E-state index < -0.39 is 0 Å². The van der Waals surface area contributed by atoms with E-state index in [1.165, 1.54) is 35.7 Å². The van der Waals surface area contributed by atoms with Crippen molar-refractivity contribution in [3.8, 4) is 0 Å². The molecule has 0 atom stereocenters. The number of likely N-dealkylation sites (tertiary alicyclic amines) is 1. The van der Waals surface area contributed by atoms with Gasteiger partial charge in [0.25, 0.3) is 6.54 Å². The number of amidine groups is 1. The fourth-order valence-electron chi connectivity index (χ4n) is 2.51. The molecule has 128 valence electrons. The fourth-order valence-corrected chi connectivity index (χ4v) is 4.54. The maximum atomic E-state index is 10.4. The maximum absolute atomic E-state index is 10.4. The van der Waals surface area contributed by atoms with E-state index in [1.54, 1.807) is 7.05 Å². The monoisotopic (exact) mass is 356 g/mol. The molecule has 1 aromatic heterocycles. The third-order valence-electron chi connectivity index (χ3n) is 3.66. The van der Waals surface area contributed by atoms with Gasteiger partial charge in [0.05, 0.1) is 0 Å². The molecule has 0 aromatic carbocycles. The summed E-state index contributed by atoms with van der Waals surface area (Å²) in [6.45, 7) is 4.04. The minimum atomic E-state index is -0.365. The molecule has 2 rings (SSSR count). The first kappa shape index (κ1) is 18.2. The molecular formula is C15H24N4O2S2. The van der Waals surface area contributed by atoms with Crippen molar-refractivity contribution in [2.45, 2.75) is 25.1 Å². The number of thioether (sulfide) groups is 1. The predicted molar refractivity (Wildman–Crippen MR) is 98.2 cm³/mol. The molecular weight excluding hydrogens is 332 g/mol. The Labute approximate surface area is 145 Å². The van der Waals surface area contributed by atoms with E-state index in [0.29, 0.717) is 12.4 Å². The zero-order chi connectivity index (χ0) is 16.5. The average Bonchev–Trinajstić information content (AvgIpc) is 3.18. The first-order valence-electron chi connectivity index (χ1n) is 7.86. The highest BCUT2D eigenvalue weighted by molar-refractivity contribution is 7.98. The van der Waals surface area contributed by atoms with Crippen molar-refractivity contribution < 1.29 is 4.92 Å². The summed E-state index contributed by atoms with van der Waals surface area (Å²) in [5.74, 6) is 2.36. The Balaban J connectivity index is 1.61. The van der Waals surface area contributed by atoms with Crippen molar-refractivity contribution in [2.75, 3.05) is 39.0 Å². The number of nitrogens with one attached hydrogen (secondary N) is 1. The largest absolute Gasteiger partial charge is 0.368 e. The van der Waals surface area contributed by atoms with Crippen LogP contribution in [0.3, 0.4) is 0 Å². The highest BCUT2D eigenvalue weighted by atomic mass is 32.2. The lowest BCUT2D eigenvalue weighted by Gasteiger charge is -2.12. The van der Waals surface area contributed by atoms with Crippen molar-refractivity contribution in [3.05, 3.63) is 32.0 Å². The van der Waals surface area contributed by atoms with Gasteiger partial charge in [-0.25, -0.2) is 0 Å². The quantitative estimate of drug-likeness (QED) is 0.242. The van der Waals surface area contributed by atoms with Crippen molar-refractivity contribution in [3.63, 3.8) is 0 Å². The van der Waals surface area contributed by atoms with E-state index in [-0.39, 0.29) is 11.5 Å². The van der Waals surface area contributed by atoms with Gasteiger partial charge in [0.15, 0.2) is 5.84 Å². The molecule has 0 unspecified atom stereocenters. The van der Waals surface area contributed by atoms with Crippen LogP contribution in [-0.2, 0) is 12.3 Å². The second kappa shape index (κ2) is 9.89. The normalized spacial score (nSPS) is 16.0. The molecule has 1 aliphatic rings. The standard InChI is InChI=1S/C15H24N4O2S2/c1-16-15(11-19(20)21)17-6-9-22-12-14-5-4-13(23-14)10-18-7-2-3-8-18/h4-5H,2-3,6-12H2,1H3,(H,16,17). The minimum Gasteiger partial charge on any atom is -0.368 e. The highest BCUT2D eigenvalue weighted by Gasteiger charge is 2.12. The zero-order valence-electron chi connectivity index (χ0n) is 13.5. The van der Waals surface area contributed by atoms with Gasteiger partial charge in [-0.3, -0.25) is 20.0 Å². The number of hydrogen-bond donors (Lipinski definition) is 1. The molecule has 0 bridgehead atoms. The summed E-state index contributed by atoms with van der Waals surface area (Å²) < 4.78 is 0. The molecule has 8 heteroatoms. The first-order valence-corrected chi connectivity index (χ1v) is 9.83. The second-order valence-electron chi connectivity index (χ2n) is 5.49. The van der Waals surface area contributed by atoms with Gasteiger partial charge >= 0.3 is 0 Å². The van der Waals surface area contributed by atoms with Gasteiger partial charge in [0.1, 0.15) is 0 Å². The Kier molecular flexibility index (Phi) is 7.84. The third kappa shape index (κ3) is 6.88. The number of aliphatic imine (C=N–C) groups is 1. The molecule has 0 amide bonds. The van der Waals surface area contributed by atoms with Crippen molar-refractivity contribution in [1.82, 2.24) is 10.2 Å². The molecule has 1 saturated heterocycles. The molecule has 1 aromatic rings. The molecule has 0 spiro atoms. The summed E-state index contributed by atoms with van der Waals surface area (Å²) in [6.07, 6.45) is 2.67. The molecule has 0 saturated carbocycles. The molecule has 1 fully saturated rings. The minimum absolute atomic E-state index is 0.230. The Morgan fingerprint density at radius 1 is 1.43 bits per heavy atom.